The molecule has 1 aromatic heterocycles. The summed E-state index contributed by atoms with van der Waals surface area (Å²) in [6.07, 6.45) is 1.97. The van der Waals surface area contributed by atoms with Crippen molar-refractivity contribution in [1.82, 2.24) is 9.88 Å². The summed E-state index contributed by atoms with van der Waals surface area (Å²) in [5, 5.41) is 10.9. The monoisotopic (exact) mass is 365 g/mol. The number of carbonyl (C=O) groups excluding carboxylic acids is 1. The van der Waals surface area contributed by atoms with Crippen LogP contribution in [0.1, 0.15) is 29.8 Å². The molecular formula is C21H27N5O. The fraction of sp³-hybridized carbons (Fsp3) is 0.381. The zero-order valence-electron chi connectivity index (χ0n) is 16.2. The largest absolute Gasteiger partial charge is 0.369 e. The third kappa shape index (κ3) is 4.34. The van der Waals surface area contributed by atoms with Gasteiger partial charge in [-0.3, -0.25) is 4.79 Å². The van der Waals surface area contributed by atoms with Gasteiger partial charge in [-0.05, 0) is 39.1 Å². The molecule has 0 spiro atoms. The van der Waals surface area contributed by atoms with Crippen LogP contribution in [0.2, 0.25) is 0 Å². The van der Waals surface area contributed by atoms with Gasteiger partial charge in [-0.15, -0.1) is 0 Å². The summed E-state index contributed by atoms with van der Waals surface area (Å²) < 4.78 is 0. The zero-order valence-corrected chi connectivity index (χ0v) is 16.2. The smallest absolute Gasteiger partial charge is 0.150 e. The molecule has 6 nitrogen and oxygen atoms in total. The molecule has 0 aliphatic carbocycles. The predicted octanol–water partition coefficient (Wildman–Crippen LogP) is 3.13. The van der Waals surface area contributed by atoms with E-state index in [2.05, 4.69) is 39.3 Å². The van der Waals surface area contributed by atoms with Crippen molar-refractivity contribution in [3.05, 3.63) is 41.5 Å². The van der Waals surface area contributed by atoms with E-state index in [1.165, 1.54) is 11.9 Å². The lowest BCUT2D eigenvalue weighted by molar-refractivity contribution is 0.112. The first kappa shape index (κ1) is 19.0. The lowest BCUT2D eigenvalue weighted by Crippen LogP contribution is -2.44. The van der Waals surface area contributed by atoms with Crippen LogP contribution in [0.25, 0.3) is 11.3 Å². The van der Waals surface area contributed by atoms with Crippen LogP contribution < -0.4 is 10.2 Å². The fourth-order valence-corrected chi connectivity index (χ4v) is 3.26. The third-order valence-electron chi connectivity index (χ3n) is 4.82. The van der Waals surface area contributed by atoms with Crippen LogP contribution >= 0.6 is 0 Å². The van der Waals surface area contributed by atoms with Gasteiger partial charge in [0.2, 0.25) is 0 Å². The highest BCUT2D eigenvalue weighted by atomic mass is 16.1. The highest BCUT2D eigenvalue weighted by Crippen LogP contribution is 2.27. The number of carbonyl (C=O) groups is 1. The summed E-state index contributed by atoms with van der Waals surface area (Å²) in [6, 6.07) is 10.2. The van der Waals surface area contributed by atoms with Crippen molar-refractivity contribution in [2.75, 3.05) is 43.4 Å². The maximum Gasteiger partial charge on any atom is 0.150 e. The van der Waals surface area contributed by atoms with Crippen LogP contribution in [0.4, 0.5) is 11.5 Å². The van der Waals surface area contributed by atoms with Gasteiger partial charge in [0.1, 0.15) is 5.82 Å². The summed E-state index contributed by atoms with van der Waals surface area (Å²) >= 11 is 0. The summed E-state index contributed by atoms with van der Waals surface area (Å²) in [4.78, 5) is 20.9. The Kier molecular flexibility index (Phi) is 5.86. The van der Waals surface area contributed by atoms with E-state index < -0.39 is 0 Å². The van der Waals surface area contributed by atoms with Crippen molar-refractivity contribution in [1.29, 1.82) is 5.41 Å². The van der Waals surface area contributed by atoms with E-state index in [0.29, 0.717) is 16.9 Å². The number of aromatic nitrogens is 1. The van der Waals surface area contributed by atoms with Crippen molar-refractivity contribution in [2.24, 2.45) is 0 Å². The lowest BCUT2D eigenvalue weighted by atomic mass is 10.0. The number of piperazine rings is 1. The van der Waals surface area contributed by atoms with Gasteiger partial charge < -0.3 is 20.5 Å². The van der Waals surface area contributed by atoms with E-state index in [1.807, 2.05) is 26.0 Å². The Hall–Kier alpha value is -2.73. The Bertz CT molecular complexity index is 808. The molecule has 2 aromatic rings. The molecule has 0 radical (unpaired) electrons. The first-order chi connectivity index (χ1) is 13.0. The maximum absolute atomic E-state index is 11.5. The van der Waals surface area contributed by atoms with Crippen LogP contribution in [0.15, 0.2) is 30.3 Å². The standard InChI is InChI=1S/C21H27N5O/c1-15(2)23-21-19(13-22)17(14-27)12-20(24-21)16-4-6-18(7-5-16)26-10-8-25(3)9-11-26/h4-7,12-15,22H,8-11H2,1-3H3,(H,23,24). The van der Waals surface area contributed by atoms with Crippen LogP contribution in [0, 0.1) is 5.41 Å². The maximum atomic E-state index is 11.5. The van der Waals surface area contributed by atoms with E-state index in [9.17, 15) is 4.79 Å². The second-order valence-corrected chi connectivity index (χ2v) is 7.26. The number of aldehydes is 1. The van der Waals surface area contributed by atoms with Crippen molar-refractivity contribution < 1.29 is 4.79 Å². The Morgan fingerprint density at radius 1 is 1.15 bits per heavy atom. The first-order valence-corrected chi connectivity index (χ1v) is 9.33. The molecule has 0 unspecified atom stereocenters. The number of nitrogens with one attached hydrogen (secondary N) is 2. The SMILES string of the molecule is CC(C)Nc1nc(-c2ccc(N3CCN(C)CC3)cc2)cc(C=O)c1C=N. The molecule has 1 aliphatic rings. The summed E-state index contributed by atoms with van der Waals surface area (Å²) in [5.74, 6) is 0.572. The molecule has 6 heteroatoms. The molecule has 1 fully saturated rings. The van der Waals surface area contributed by atoms with Crippen LogP contribution in [-0.4, -0.2) is 61.7 Å². The second-order valence-electron chi connectivity index (χ2n) is 7.26. The van der Waals surface area contributed by atoms with Crippen molar-refractivity contribution in [3.63, 3.8) is 0 Å². The second kappa shape index (κ2) is 8.31. The van der Waals surface area contributed by atoms with Gasteiger partial charge in [-0.2, -0.15) is 0 Å². The molecule has 1 aliphatic heterocycles. The molecule has 142 valence electrons. The van der Waals surface area contributed by atoms with Gasteiger partial charge in [0.25, 0.3) is 0 Å². The number of nitrogens with zero attached hydrogens (tertiary/aromatic N) is 3. The molecule has 27 heavy (non-hydrogen) atoms. The topological polar surface area (TPSA) is 72.3 Å². The molecule has 2 heterocycles. The average molecular weight is 365 g/mol. The molecule has 0 saturated carbocycles. The predicted molar refractivity (Wildman–Crippen MR) is 111 cm³/mol. The van der Waals surface area contributed by atoms with Crippen molar-refractivity contribution in [2.45, 2.75) is 19.9 Å². The highest BCUT2D eigenvalue weighted by molar-refractivity contribution is 5.97. The Morgan fingerprint density at radius 3 is 2.37 bits per heavy atom. The molecule has 0 bridgehead atoms. The summed E-state index contributed by atoms with van der Waals surface area (Å²) in [5.41, 5.74) is 3.90. The van der Waals surface area contributed by atoms with E-state index in [4.69, 9.17) is 5.41 Å². The Morgan fingerprint density at radius 2 is 1.81 bits per heavy atom. The van der Waals surface area contributed by atoms with Gasteiger partial charge in [0.05, 0.1) is 5.69 Å². The minimum Gasteiger partial charge on any atom is -0.369 e. The van der Waals surface area contributed by atoms with Gasteiger partial charge in [0, 0.05) is 60.8 Å². The summed E-state index contributed by atoms with van der Waals surface area (Å²) in [7, 11) is 2.15. The van der Waals surface area contributed by atoms with Gasteiger partial charge in [-0.1, -0.05) is 12.1 Å². The van der Waals surface area contributed by atoms with Crippen LogP contribution in [0.5, 0.6) is 0 Å². The minimum absolute atomic E-state index is 0.158. The van der Waals surface area contributed by atoms with Gasteiger partial charge in [0.15, 0.2) is 6.29 Å². The molecule has 3 rings (SSSR count). The number of anilines is 2. The lowest BCUT2D eigenvalue weighted by Gasteiger charge is -2.34. The quantitative estimate of drug-likeness (QED) is 0.608. The first-order valence-electron chi connectivity index (χ1n) is 9.33. The number of pyridine rings is 1. The average Bonchev–Trinajstić information content (AvgIpc) is 2.67. The van der Waals surface area contributed by atoms with Crippen molar-refractivity contribution in [3.8, 4) is 11.3 Å². The van der Waals surface area contributed by atoms with E-state index >= 15 is 0 Å². The Balaban J connectivity index is 1.91. The minimum atomic E-state index is 0.158. The molecule has 1 saturated heterocycles. The summed E-state index contributed by atoms with van der Waals surface area (Å²) in [6.45, 7) is 8.21. The normalized spacial score (nSPS) is 15.0. The Labute approximate surface area is 160 Å². The number of rotatable bonds is 6. The van der Waals surface area contributed by atoms with Crippen LogP contribution in [-0.2, 0) is 0 Å². The highest BCUT2D eigenvalue weighted by Gasteiger charge is 2.16. The molecule has 0 amide bonds. The number of likely N-dealkylation sites (N-methyl/N-ethyl adjacent to an activating group) is 1. The molecule has 1 aromatic carbocycles. The fourth-order valence-electron chi connectivity index (χ4n) is 3.26. The zero-order chi connectivity index (χ0) is 19.4. The number of hydrogen-bond acceptors (Lipinski definition) is 6. The van der Waals surface area contributed by atoms with Crippen LogP contribution in [0.3, 0.4) is 0 Å². The van der Waals surface area contributed by atoms with E-state index in [0.717, 1.165) is 43.7 Å². The molecule has 0 atom stereocenters. The van der Waals surface area contributed by atoms with Crippen molar-refractivity contribution >= 4 is 24.0 Å². The number of hydrogen-bond donors (Lipinski definition) is 2. The molecular weight excluding hydrogens is 338 g/mol. The third-order valence-corrected chi connectivity index (χ3v) is 4.82. The van der Waals surface area contributed by atoms with E-state index in [-0.39, 0.29) is 6.04 Å². The molecule has 2 N–H and O–H groups in total. The van der Waals surface area contributed by atoms with Gasteiger partial charge >= 0.3 is 0 Å². The number of benzene rings is 1. The van der Waals surface area contributed by atoms with E-state index in [1.54, 1.807) is 6.07 Å². The van der Waals surface area contributed by atoms with Gasteiger partial charge in [-0.25, -0.2) is 4.98 Å².